The van der Waals surface area contributed by atoms with Crippen molar-refractivity contribution in [2.24, 2.45) is 0 Å². The van der Waals surface area contributed by atoms with Crippen LogP contribution in [0.3, 0.4) is 0 Å². The predicted molar refractivity (Wildman–Crippen MR) is 87.8 cm³/mol. The van der Waals surface area contributed by atoms with E-state index >= 15 is 0 Å². The standard InChI is InChI=1S/C14H13BrN2O3S/c1-20-12-7-10(16)5-6-13(12)21-8-9-3-2-4-11(14(9)15)17(18)19/h2-7H,8,16H2,1H3. The Morgan fingerprint density at radius 2 is 2.14 bits per heavy atom. The average Bonchev–Trinajstić information content (AvgIpc) is 2.46. The molecule has 0 saturated carbocycles. The Hall–Kier alpha value is -1.73. The Morgan fingerprint density at radius 3 is 2.81 bits per heavy atom. The van der Waals surface area contributed by atoms with Gasteiger partial charge in [-0.15, -0.1) is 11.8 Å². The highest BCUT2D eigenvalue weighted by Gasteiger charge is 2.15. The van der Waals surface area contributed by atoms with Crippen LogP contribution in [0.15, 0.2) is 45.8 Å². The minimum absolute atomic E-state index is 0.0670. The lowest BCUT2D eigenvalue weighted by molar-refractivity contribution is -0.385. The maximum atomic E-state index is 10.9. The predicted octanol–water partition coefficient (Wildman–Crippen LogP) is 4.24. The summed E-state index contributed by atoms with van der Waals surface area (Å²) in [5.74, 6) is 1.28. The molecule has 0 aliphatic heterocycles. The fourth-order valence-corrected chi connectivity index (χ4v) is 3.51. The van der Waals surface area contributed by atoms with E-state index in [1.807, 2.05) is 12.1 Å². The second-order valence-electron chi connectivity index (χ2n) is 4.21. The number of halogens is 1. The minimum atomic E-state index is -0.401. The van der Waals surface area contributed by atoms with Gasteiger partial charge in [-0.25, -0.2) is 0 Å². The van der Waals surface area contributed by atoms with Crippen molar-refractivity contribution in [1.29, 1.82) is 0 Å². The van der Waals surface area contributed by atoms with Gasteiger partial charge in [0.25, 0.3) is 5.69 Å². The van der Waals surface area contributed by atoms with Crippen molar-refractivity contribution in [3.8, 4) is 5.75 Å². The molecule has 0 amide bonds. The van der Waals surface area contributed by atoms with Gasteiger partial charge in [0, 0.05) is 28.5 Å². The van der Waals surface area contributed by atoms with Crippen LogP contribution in [0.25, 0.3) is 0 Å². The number of nitrogens with zero attached hydrogens (tertiary/aromatic N) is 1. The van der Waals surface area contributed by atoms with Crippen molar-refractivity contribution in [2.75, 3.05) is 12.8 Å². The van der Waals surface area contributed by atoms with Gasteiger partial charge in [-0.2, -0.15) is 0 Å². The summed E-state index contributed by atoms with van der Waals surface area (Å²) in [4.78, 5) is 11.5. The molecule has 2 N–H and O–H groups in total. The van der Waals surface area contributed by atoms with E-state index in [4.69, 9.17) is 10.5 Å². The van der Waals surface area contributed by atoms with E-state index in [0.29, 0.717) is 21.7 Å². The number of ether oxygens (including phenoxy) is 1. The number of nitro benzene ring substituents is 1. The molecule has 2 aromatic rings. The van der Waals surface area contributed by atoms with Crippen LogP contribution in [-0.4, -0.2) is 12.0 Å². The summed E-state index contributed by atoms with van der Waals surface area (Å²) in [6, 6.07) is 10.4. The van der Waals surface area contributed by atoms with Gasteiger partial charge in [0.2, 0.25) is 0 Å². The van der Waals surface area contributed by atoms with E-state index in [2.05, 4.69) is 15.9 Å². The summed E-state index contributed by atoms with van der Waals surface area (Å²) in [5, 5.41) is 10.9. The Balaban J connectivity index is 2.21. The Kier molecular flexibility index (Phi) is 5.08. The number of hydrogen-bond donors (Lipinski definition) is 1. The topological polar surface area (TPSA) is 78.4 Å². The van der Waals surface area contributed by atoms with E-state index < -0.39 is 4.92 Å². The van der Waals surface area contributed by atoms with Crippen LogP contribution in [0.5, 0.6) is 5.75 Å². The molecule has 0 radical (unpaired) electrons. The molecule has 2 rings (SSSR count). The molecule has 7 heteroatoms. The lowest BCUT2D eigenvalue weighted by atomic mass is 10.2. The minimum Gasteiger partial charge on any atom is -0.496 e. The van der Waals surface area contributed by atoms with E-state index in [1.165, 1.54) is 17.8 Å². The molecule has 0 aromatic heterocycles. The molecule has 0 unspecified atom stereocenters. The maximum Gasteiger partial charge on any atom is 0.283 e. The number of rotatable bonds is 5. The van der Waals surface area contributed by atoms with Gasteiger partial charge in [0.1, 0.15) is 5.75 Å². The molecule has 2 aromatic carbocycles. The van der Waals surface area contributed by atoms with Crippen molar-refractivity contribution in [3.63, 3.8) is 0 Å². The zero-order chi connectivity index (χ0) is 15.4. The third-order valence-electron chi connectivity index (χ3n) is 2.83. The van der Waals surface area contributed by atoms with Crippen molar-refractivity contribution < 1.29 is 9.66 Å². The van der Waals surface area contributed by atoms with Crippen LogP contribution < -0.4 is 10.5 Å². The van der Waals surface area contributed by atoms with Crippen LogP contribution in [-0.2, 0) is 5.75 Å². The molecule has 0 aliphatic carbocycles. The molecule has 0 saturated heterocycles. The van der Waals surface area contributed by atoms with Crippen LogP contribution >= 0.6 is 27.7 Å². The Morgan fingerprint density at radius 1 is 1.38 bits per heavy atom. The van der Waals surface area contributed by atoms with Gasteiger partial charge in [0.15, 0.2) is 0 Å². The van der Waals surface area contributed by atoms with Crippen LogP contribution in [0.2, 0.25) is 0 Å². The molecule has 0 spiro atoms. The molecule has 110 valence electrons. The first kappa shape index (κ1) is 15.7. The monoisotopic (exact) mass is 368 g/mol. The zero-order valence-corrected chi connectivity index (χ0v) is 13.6. The molecule has 0 fully saturated rings. The van der Waals surface area contributed by atoms with E-state index in [0.717, 1.165) is 10.5 Å². The molecule has 0 atom stereocenters. The first-order valence-electron chi connectivity index (χ1n) is 6.01. The number of benzene rings is 2. The Bertz CT molecular complexity index is 679. The summed E-state index contributed by atoms with van der Waals surface area (Å²) >= 11 is 4.83. The molecule has 0 heterocycles. The number of methoxy groups -OCH3 is 1. The quantitative estimate of drug-likeness (QED) is 0.369. The highest BCUT2D eigenvalue weighted by atomic mass is 79.9. The van der Waals surface area contributed by atoms with Gasteiger partial charge in [-0.05, 0) is 33.6 Å². The number of hydrogen-bond acceptors (Lipinski definition) is 5. The fourth-order valence-electron chi connectivity index (χ4n) is 1.78. The van der Waals surface area contributed by atoms with E-state index in [-0.39, 0.29) is 5.69 Å². The molecule has 0 aliphatic rings. The number of thioether (sulfide) groups is 1. The summed E-state index contributed by atoms with van der Waals surface area (Å²) in [6.45, 7) is 0. The highest BCUT2D eigenvalue weighted by Crippen LogP contribution is 2.36. The number of nitro groups is 1. The van der Waals surface area contributed by atoms with Crippen molar-refractivity contribution >= 4 is 39.1 Å². The number of nitrogen functional groups attached to an aromatic ring is 1. The van der Waals surface area contributed by atoms with Gasteiger partial charge >= 0.3 is 0 Å². The summed E-state index contributed by atoms with van der Waals surface area (Å²) in [5.41, 5.74) is 7.27. The number of nitrogens with two attached hydrogens (primary N) is 1. The molecule has 5 nitrogen and oxygen atoms in total. The third-order valence-corrected chi connectivity index (χ3v) is 4.85. The molecule has 0 bridgehead atoms. The van der Waals surface area contributed by atoms with Crippen LogP contribution in [0.1, 0.15) is 5.56 Å². The van der Waals surface area contributed by atoms with Crippen molar-refractivity contribution in [3.05, 3.63) is 56.5 Å². The van der Waals surface area contributed by atoms with Crippen LogP contribution in [0, 0.1) is 10.1 Å². The van der Waals surface area contributed by atoms with Gasteiger partial charge < -0.3 is 10.5 Å². The lowest BCUT2D eigenvalue weighted by Crippen LogP contribution is -1.93. The first-order valence-corrected chi connectivity index (χ1v) is 7.79. The van der Waals surface area contributed by atoms with Gasteiger partial charge in [0.05, 0.1) is 16.5 Å². The fraction of sp³-hybridized carbons (Fsp3) is 0.143. The van der Waals surface area contributed by atoms with Gasteiger partial charge in [-0.1, -0.05) is 12.1 Å². The van der Waals surface area contributed by atoms with Crippen molar-refractivity contribution in [1.82, 2.24) is 0 Å². The third kappa shape index (κ3) is 3.68. The number of anilines is 1. The van der Waals surface area contributed by atoms with E-state index in [1.54, 1.807) is 25.3 Å². The molecular weight excluding hydrogens is 356 g/mol. The normalized spacial score (nSPS) is 10.4. The Labute approximate surface area is 134 Å². The highest BCUT2D eigenvalue weighted by molar-refractivity contribution is 9.10. The largest absolute Gasteiger partial charge is 0.496 e. The second kappa shape index (κ2) is 6.82. The average molecular weight is 369 g/mol. The summed E-state index contributed by atoms with van der Waals surface area (Å²) in [6.07, 6.45) is 0. The maximum absolute atomic E-state index is 10.9. The first-order chi connectivity index (χ1) is 10.0. The smallest absolute Gasteiger partial charge is 0.283 e. The zero-order valence-electron chi connectivity index (χ0n) is 11.2. The lowest BCUT2D eigenvalue weighted by Gasteiger charge is -2.09. The van der Waals surface area contributed by atoms with Crippen LogP contribution in [0.4, 0.5) is 11.4 Å². The summed E-state index contributed by atoms with van der Waals surface area (Å²) in [7, 11) is 1.59. The summed E-state index contributed by atoms with van der Waals surface area (Å²) < 4.78 is 5.80. The SMILES string of the molecule is COc1cc(N)ccc1SCc1cccc([N+](=O)[O-])c1Br. The van der Waals surface area contributed by atoms with Crippen molar-refractivity contribution in [2.45, 2.75) is 10.6 Å². The molecular formula is C14H13BrN2O3S. The second-order valence-corrected chi connectivity index (χ2v) is 6.02. The molecule has 21 heavy (non-hydrogen) atoms. The van der Waals surface area contributed by atoms with Gasteiger partial charge in [-0.3, -0.25) is 10.1 Å². The van der Waals surface area contributed by atoms with E-state index in [9.17, 15) is 10.1 Å².